The Hall–Kier alpha value is -1.68. The normalized spacial score (nSPS) is 10.8. The van der Waals surface area contributed by atoms with Crippen LogP contribution in [0.1, 0.15) is 24.8 Å². The molecule has 0 aliphatic rings. The highest BCUT2D eigenvalue weighted by Crippen LogP contribution is 2.18. The smallest absolute Gasteiger partial charge is 0.247 e. The lowest BCUT2D eigenvalue weighted by Crippen LogP contribution is -2.17. The molecule has 2 rings (SSSR count). The number of nitrogens with one attached hydrogen (secondary N) is 1. The molecule has 1 N–H and O–H groups in total. The standard InChI is InChI=1S/C14H19N3O/c1-3-8-15-9-7-13-16-17-14(18-13)12-6-4-5-11(2)10-12/h4-6,10,15H,3,7-9H2,1-2H3. The van der Waals surface area contributed by atoms with Gasteiger partial charge in [0, 0.05) is 18.5 Å². The lowest BCUT2D eigenvalue weighted by molar-refractivity contribution is 0.494. The van der Waals surface area contributed by atoms with E-state index in [9.17, 15) is 0 Å². The molecule has 1 aromatic carbocycles. The van der Waals surface area contributed by atoms with Crippen LogP contribution in [0.3, 0.4) is 0 Å². The lowest BCUT2D eigenvalue weighted by atomic mass is 10.1. The number of hydrogen-bond donors (Lipinski definition) is 1. The molecule has 0 saturated carbocycles. The molecule has 2 aromatic rings. The maximum Gasteiger partial charge on any atom is 0.247 e. The second kappa shape index (κ2) is 6.31. The van der Waals surface area contributed by atoms with Crippen molar-refractivity contribution in [1.29, 1.82) is 0 Å². The molecular weight excluding hydrogens is 226 g/mol. The Morgan fingerprint density at radius 3 is 2.89 bits per heavy atom. The van der Waals surface area contributed by atoms with Gasteiger partial charge in [0.1, 0.15) is 0 Å². The summed E-state index contributed by atoms with van der Waals surface area (Å²) in [7, 11) is 0. The molecule has 0 amide bonds. The summed E-state index contributed by atoms with van der Waals surface area (Å²) < 4.78 is 5.64. The number of nitrogens with zero attached hydrogens (tertiary/aromatic N) is 2. The number of benzene rings is 1. The quantitative estimate of drug-likeness (QED) is 0.795. The molecule has 4 nitrogen and oxygen atoms in total. The van der Waals surface area contributed by atoms with Crippen LogP contribution in [0.25, 0.3) is 11.5 Å². The van der Waals surface area contributed by atoms with E-state index in [0.717, 1.165) is 31.5 Å². The highest BCUT2D eigenvalue weighted by molar-refractivity contribution is 5.53. The molecule has 0 aliphatic carbocycles. The van der Waals surface area contributed by atoms with Crippen molar-refractivity contribution in [2.45, 2.75) is 26.7 Å². The summed E-state index contributed by atoms with van der Waals surface area (Å²) in [6.45, 7) is 6.10. The van der Waals surface area contributed by atoms with E-state index >= 15 is 0 Å². The minimum absolute atomic E-state index is 0.601. The number of hydrogen-bond acceptors (Lipinski definition) is 4. The molecule has 0 saturated heterocycles. The molecule has 0 fully saturated rings. The second-order valence-corrected chi connectivity index (χ2v) is 4.37. The Balaban J connectivity index is 1.97. The lowest BCUT2D eigenvalue weighted by Gasteiger charge is -1.98. The number of rotatable bonds is 6. The first-order chi connectivity index (χ1) is 8.79. The number of aromatic nitrogens is 2. The Morgan fingerprint density at radius 2 is 2.11 bits per heavy atom. The van der Waals surface area contributed by atoms with E-state index < -0.39 is 0 Å². The summed E-state index contributed by atoms with van der Waals surface area (Å²) in [4.78, 5) is 0. The molecule has 0 unspecified atom stereocenters. The van der Waals surface area contributed by atoms with E-state index in [0.29, 0.717) is 11.8 Å². The van der Waals surface area contributed by atoms with Gasteiger partial charge in [-0.25, -0.2) is 0 Å². The molecule has 0 radical (unpaired) electrons. The Labute approximate surface area is 107 Å². The van der Waals surface area contributed by atoms with Crippen molar-refractivity contribution in [2.24, 2.45) is 0 Å². The predicted octanol–water partition coefficient (Wildman–Crippen LogP) is 2.59. The molecule has 0 bridgehead atoms. The molecule has 0 spiro atoms. The molecule has 0 atom stereocenters. The van der Waals surface area contributed by atoms with Crippen LogP contribution < -0.4 is 5.32 Å². The monoisotopic (exact) mass is 245 g/mol. The second-order valence-electron chi connectivity index (χ2n) is 4.37. The third-order valence-electron chi connectivity index (χ3n) is 2.67. The van der Waals surface area contributed by atoms with E-state index in [1.54, 1.807) is 0 Å². The van der Waals surface area contributed by atoms with Crippen molar-refractivity contribution in [3.63, 3.8) is 0 Å². The van der Waals surface area contributed by atoms with Crippen LogP contribution in [0.5, 0.6) is 0 Å². The first-order valence-electron chi connectivity index (χ1n) is 6.39. The molecule has 96 valence electrons. The summed E-state index contributed by atoms with van der Waals surface area (Å²) in [6, 6.07) is 8.08. The van der Waals surface area contributed by atoms with Crippen LogP contribution in [-0.4, -0.2) is 23.3 Å². The largest absolute Gasteiger partial charge is 0.421 e. The van der Waals surface area contributed by atoms with Gasteiger partial charge in [-0.1, -0.05) is 24.6 Å². The van der Waals surface area contributed by atoms with Crippen molar-refractivity contribution in [3.05, 3.63) is 35.7 Å². The van der Waals surface area contributed by atoms with Gasteiger partial charge >= 0.3 is 0 Å². The third kappa shape index (κ3) is 3.40. The third-order valence-corrected chi connectivity index (χ3v) is 2.67. The summed E-state index contributed by atoms with van der Waals surface area (Å²) in [6.07, 6.45) is 1.91. The van der Waals surface area contributed by atoms with Crippen LogP contribution in [0, 0.1) is 6.92 Å². The maximum absolute atomic E-state index is 5.64. The molecule has 18 heavy (non-hydrogen) atoms. The van der Waals surface area contributed by atoms with Crippen molar-refractivity contribution in [3.8, 4) is 11.5 Å². The summed E-state index contributed by atoms with van der Waals surface area (Å²) in [5, 5.41) is 11.5. The fourth-order valence-corrected chi connectivity index (χ4v) is 1.75. The van der Waals surface area contributed by atoms with Gasteiger partial charge in [-0.05, 0) is 32.0 Å². The Morgan fingerprint density at radius 1 is 1.22 bits per heavy atom. The zero-order chi connectivity index (χ0) is 12.8. The SMILES string of the molecule is CCCNCCc1nnc(-c2cccc(C)c2)o1. The van der Waals surface area contributed by atoms with E-state index in [1.165, 1.54) is 5.56 Å². The summed E-state index contributed by atoms with van der Waals surface area (Å²) >= 11 is 0. The van der Waals surface area contributed by atoms with Crippen molar-refractivity contribution in [1.82, 2.24) is 15.5 Å². The topological polar surface area (TPSA) is 51.0 Å². The average molecular weight is 245 g/mol. The van der Waals surface area contributed by atoms with Gasteiger partial charge in [0.05, 0.1) is 0 Å². The fourth-order valence-electron chi connectivity index (χ4n) is 1.75. The highest BCUT2D eigenvalue weighted by Gasteiger charge is 2.07. The van der Waals surface area contributed by atoms with E-state index in [1.807, 2.05) is 18.2 Å². The highest BCUT2D eigenvalue weighted by atomic mass is 16.4. The predicted molar refractivity (Wildman–Crippen MR) is 71.3 cm³/mol. The molecule has 4 heteroatoms. The fraction of sp³-hybridized carbons (Fsp3) is 0.429. The van der Waals surface area contributed by atoms with Gasteiger partial charge in [0.2, 0.25) is 11.8 Å². The van der Waals surface area contributed by atoms with Gasteiger partial charge in [-0.3, -0.25) is 0 Å². The van der Waals surface area contributed by atoms with Gasteiger partial charge in [-0.15, -0.1) is 10.2 Å². The van der Waals surface area contributed by atoms with Crippen LogP contribution in [0.15, 0.2) is 28.7 Å². The zero-order valence-corrected chi connectivity index (χ0v) is 10.9. The molecule has 1 aromatic heterocycles. The molecular formula is C14H19N3O. The minimum Gasteiger partial charge on any atom is -0.421 e. The van der Waals surface area contributed by atoms with E-state index in [4.69, 9.17) is 4.42 Å². The Bertz CT molecular complexity index is 493. The first-order valence-corrected chi connectivity index (χ1v) is 6.39. The Kier molecular flexibility index (Phi) is 4.47. The van der Waals surface area contributed by atoms with Crippen LogP contribution in [-0.2, 0) is 6.42 Å². The van der Waals surface area contributed by atoms with E-state index in [2.05, 4.69) is 35.4 Å². The van der Waals surface area contributed by atoms with Gasteiger partial charge in [0.25, 0.3) is 0 Å². The minimum atomic E-state index is 0.601. The first kappa shape index (κ1) is 12.8. The van der Waals surface area contributed by atoms with Crippen LogP contribution in [0.4, 0.5) is 0 Å². The number of aryl methyl sites for hydroxylation is 1. The van der Waals surface area contributed by atoms with Crippen molar-refractivity contribution in [2.75, 3.05) is 13.1 Å². The van der Waals surface area contributed by atoms with Gasteiger partial charge in [-0.2, -0.15) is 0 Å². The van der Waals surface area contributed by atoms with Gasteiger partial charge in [0.15, 0.2) is 0 Å². The van der Waals surface area contributed by atoms with Crippen LogP contribution in [0.2, 0.25) is 0 Å². The average Bonchev–Trinajstić information content (AvgIpc) is 2.83. The van der Waals surface area contributed by atoms with Crippen molar-refractivity contribution < 1.29 is 4.42 Å². The summed E-state index contributed by atoms with van der Waals surface area (Å²) in [5.41, 5.74) is 2.17. The summed E-state index contributed by atoms with van der Waals surface area (Å²) in [5.74, 6) is 1.29. The van der Waals surface area contributed by atoms with Crippen LogP contribution >= 0.6 is 0 Å². The molecule has 0 aliphatic heterocycles. The van der Waals surface area contributed by atoms with E-state index in [-0.39, 0.29) is 0 Å². The maximum atomic E-state index is 5.64. The molecule has 1 heterocycles. The van der Waals surface area contributed by atoms with Gasteiger partial charge < -0.3 is 9.73 Å². The van der Waals surface area contributed by atoms with Crippen molar-refractivity contribution >= 4 is 0 Å². The zero-order valence-electron chi connectivity index (χ0n) is 10.9.